The molecule has 2 rings (SSSR count). The number of hydrogen-bond donors (Lipinski definition) is 1. The Hall–Kier alpha value is -4.02. The summed E-state index contributed by atoms with van der Waals surface area (Å²) in [6.45, 7) is -0.849. The molecule has 0 aliphatic rings. The average molecular weight is 419 g/mol. The second kappa shape index (κ2) is 9.96. The minimum Gasteiger partial charge on any atom is -0.496 e. The van der Waals surface area contributed by atoms with Crippen LogP contribution in [-0.4, -0.2) is 43.0 Å². The Labute approximate surface area is 170 Å². The van der Waals surface area contributed by atoms with Crippen LogP contribution in [0.1, 0.15) is 16.8 Å². The molecule has 0 radical (unpaired) electrons. The van der Waals surface area contributed by atoms with Crippen molar-refractivity contribution in [1.29, 1.82) is 0 Å². The number of carbonyl (C=O) groups is 3. The molecule has 0 aliphatic carbocycles. The maximum atomic E-state index is 13.2. The van der Waals surface area contributed by atoms with Gasteiger partial charge >= 0.3 is 5.97 Å². The molecule has 0 bridgehead atoms. The van der Waals surface area contributed by atoms with Gasteiger partial charge in [-0.25, -0.2) is 9.18 Å². The second-order valence-corrected chi connectivity index (χ2v) is 5.96. The summed E-state index contributed by atoms with van der Waals surface area (Å²) in [5.41, 5.74) is 4.80. The fraction of sp³-hybridized carbons (Fsp3) is 0.211. The highest BCUT2D eigenvalue weighted by Gasteiger charge is 2.22. The van der Waals surface area contributed by atoms with E-state index in [4.69, 9.17) is 15.2 Å². The van der Waals surface area contributed by atoms with E-state index in [1.54, 1.807) is 0 Å². The average Bonchev–Trinajstić information content (AvgIpc) is 2.72. The highest BCUT2D eigenvalue weighted by Crippen LogP contribution is 2.25. The third-order valence-corrected chi connectivity index (χ3v) is 3.96. The van der Waals surface area contributed by atoms with E-state index in [0.717, 1.165) is 29.2 Å². The highest BCUT2D eigenvalue weighted by atomic mass is 19.1. The van der Waals surface area contributed by atoms with E-state index in [1.165, 1.54) is 25.3 Å². The van der Waals surface area contributed by atoms with E-state index in [-0.39, 0.29) is 35.7 Å². The zero-order valence-electron chi connectivity index (χ0n) is 15.9. The van der Waals surface area contributed by atoms with Gasteiger partial charge < -0.3 is 20.1 Å². The fourth-order valence-corrected chi connectivity index (χ4v) is 2.49. The number of anilines is 1. The Kier molecular flexibility index (Phi) is 7.39. The maximum Gasteiger partial charge on any atom is 0.342 e. The number of rotatable bonds is 9. The Morgan fingerprint density at radius 1 is 1.17 bits per heavy atom. The Balaban J connectivity index is 2.16. The zero-order valence-corrected chi connectivity index (χ0v) is 15.9. The van der Waals surface area contributed by atoms with Gasteiger partial charge in [0.15, 0.2) is 6.61 Å². The third kappa shape index (κ3) is 5.74. The number of hydrogen-bond acceptors (Lipinski definition) is 7. The molecule has 2 aromatic carbocycles. The number of carbonyl (C=O) groups excluding carboxylic acids is 3. The number of nitrogens with zero attached hydrogens (tertiary/aromatic N) is 2. The number of methoxy groups -OCH3 is 1. The lowest BCUT2D eigenvalue weighted by molar-refractivity contribution is -0.384. The van der Waals surface area contributed by atoms with Gasteiger partial charge in [0.1, 0.15) is 17.1 Å². The van der Waals surface area contributed by atoms with Crippen LogP contribution in [0.3, 0.4) is 0 Å². The van der Waals surface area contributed by atoms with E-state index in [2.05, 4.69) is 0 Å². The minimum absolute atomic E-state index is 0.0298. The van der Waals surface area contributed by atoms with Gasteiger partial charge in [0.05, 0.1) is 12.0 Å². The number of primary amides is 1. The highest BCUT2D eigenvalue weighted by molar-refractivity contribution is 5.98. The molecule has 2 aromatic rings. The smallest absolute Gasteiger partial charge is 0.342 e. The third-order valence-electron chi connectivity index (χ3n) is 3.96. The maximum absolute atomic E-state index is 13.2. The molecule has 2 N–H and O–H groups in total. The first-order valence-corrected chi connectivity index (χ1v) is 8.56. The zero-order chi connectivity index (χ0) is 22.3. The first-order chi connectivity index (χ1) is 14.2. The van der Waals surface area contributed by atoms with Crippen LogP contribution in [0, 0.1) is 15.9 Å². The van der Waals surface area contributed by atoms with Crippen LogP contribution in [0.25, 0.3) is 0 Å². The first kappa shape index (κ1) is 22.3. The van der Waals surface area contributed by atoms with Crippen molar-refractivity contribution >= 4 is 29.2 Å². The number of esters is 1. The van der Waals surface area contributed by atoms with E-state index in [1.807, 2.05) is 0 Å². The molecule has 0 saturated carbocycles. The summed E-state index contributed by atoms with van der Waals surface area (Å²) in [6, 6.07) is 8.24. The summed E-state index contributed by atoms with van der Waals surface area (Å²) in [6.07, 6.45) is -0.171. The number of halogens is 1. The summed E-state index contributed by atoms with van der Waals surface area (Å²) in [5, 5.41) is 10.9. The monoisotopic (exact) mass is 419 g/mol. The van der Waals surface area contributed by atoms with Gasteiger partial charge in [0.25, 0.3) is 11.6 Å². The molecule has 0 fully saturated rings. The molecule has 0 aliphatic heterocycles. The van der Waals surface area contributed by atoms with Gasteiger partial charge in [0.2, 0.25) is 5.91 Å². The lowest BCUT2D eigenvalue weighted by atomic mass is 10.2. The molecule has 0 atom stereocenters. The minimum atomic E-state index is -1.02. The lowest BCUT2D eigenvalue weighted by Crippen LogP contribution is -2.37. The summed E-state index contributed by atoms with van der Waals surface area (Å²) >= 11 is 0. The van der Waals surface area contributed by atoms with E-state index in [0.29, 0.717) is 0 Å². The first-order valence-electron chi connectivity index (χ1n) is 8.56. The SMILES string of the molecule is COc1ccc([N+](=O)[O-])cc1C(=O)OCC(=O)N(CCC(N)=O)c1ccc(F)cc1. The van der Waals surface area contributed by atoms with E-state index in [9.17, 15) is 28.9 Å². The van der Waals surface area contributed by atoms with Crippen molar-refractivity contribution in [2.45, 2.75) is 6.42 Å². The van der Waals surface area contributed by atoms with Crippen LogP contribution < -0.4 is 15.4 Å². The molecule has 2 amide bonds. The van der Waals surface area contributed by atoms with Crippen LogP contribution in [0.5, 0.6) is 5.75 Å². The molecule has 158 valence electrons. The molecule has 0 saturated heterocycles. The molecule has 10 nitrogen and oxygen atoms in total. The van der Waals surface area contributed by atoms with Crippen molar-refractivity contribution < 1.29 is 33.2 Å². The topological polar surface area (TPSA) is 142 Å². The number of nitro benzene ring substituents is 1. The van der Waals surface area contributed by atoms with Crippen molar-refractivity contribution in [3.05, 3.63) is 64.0 Å². The van der Waals surface area contributed by atoms with E-state index < -0.39 is 35.1 Å². The summed E-state index contributed by atoms with van der Waals surface area (Å²) in [7, 11) is 1.27. The quantitative estimate of drug-likeness (QED) is 0.371. The Bertz CT molecular complexity index is 963. The van der Waals surface area contributed by atoms with E-state index >= 15 is 0 Å². The van der Waals surface area contributed by atoms with Gasteiger partial charge in [-0.2, -0.15) is 0 Å². The van der Waals surface area contributed by atoms with Crippen molar-refractivity contribution in [1.82, 2.24) is 0 Å². The van der Waals surface area contributed by atoms with Crippen LogP contribution in [-0.2, 0) is 14.3 Å². The number of non-ortho nitro benzene ring substituents is 1. The van der Waals surface area contributed by atoms with Crippen molar-refractivity contribution in [2.24, 2.45) is 5.73 Å². The second-order valence-electron chi connectivity index (χ2n) is 5.96. The predicted molar refractivity (Wildman–Crippen MR) is 102 cm³/mol. The van der Waals surface area contributed by atoms with Gasteiger partial charge in [0, 0.05) is 30.8 Å². The molecule has 0 unspecified atom stereocenters. The molecular formula is C19H18FN3O7. The number of nitrogens with two attached hydrogens (primary N) is 1. The molecule has 0 spiro atoms. The van der Waals surface area contributed by atoms with Crippen molar-refractivity contribution in [3.63, 3.8) is 0 Å². The standard InChI is InChI=1S/C19H18FN3O7/c1-29-16-7-6-14(23(27)28)10-15(16)19(26)30-11-18(25)22(9-8-17(21)24)13-4-2-12(20)3-5-13/h2-7,10H,8-9,11H2,1H3,(H2,21,24). The summed E-state index contributed by atoms with van der Waals surface area (Å²) in [5.74, 6) is -2.88. The van der Waals surface area contributed by atoms with Gasteiger partial charge in [-0.3, -0.25) is 19.7 Å². The lowest BCUT2D eigenvalue weighted by Gasteiger charge is -2.22. The molecular weight excluding hydrogens is 401 g/mol. The number of amides is 2. The molecule has 11 heteroatoms. The summed E-state index contributed by atoms with van der Waals surface area (Å²) < 4.78 is 23.1. The van der Waals surface area contributed by atoms with Crippen LogP contribution in [0.2, 0.25) is 0 Å². The number of benzene rings is 2. The largest absolute Gasteiger partial charge is 0.496 e. The Morgan fingerprint density at radius 3 is 2.40 bits per heavy atom. The normalized spacial score (nSPS) is 10.2. The van der Waals surface area contributed by atoms with Gasteiger partial charge in [-0.1, -0.05) is 0 Å². The summed E-state index contributed by atoms with van der Waals surface area (Å²) in [4.78, 5) is 47.4. The molecule has 0 aromatic heterocycles. The molecule has 30 heavy (non-hydrogen) atoms. The molecule has 0 heterocycles. The fourth-order valence-electron chi connectivity index (χ4n) is 2.49. The van der Waals surface area contributed by atoms with Gasteiger partial charge in [-0.15, -0.1) is 0 Å². The van der Waals surface area contributed by atoms with Crippen molar-refractivity contribution in [3.8, 4) is 5.75 Å². The number of nitro groups is 1. The number of ether oxygens (including phenoxy) is 2. The van der Waals surface area contributed by atoms with Gasteiger partial charge in [-0.05, 0) is 30.3 Å². The van der Waals surface area contributed by atoms with Crippen LogP contribution in [0.4, 0.5) is 15.8 Å². The van der Waals surface area contributed by atoms with Crippen LogP contribution in [0.15, 0.2) is 42.5 Å². The van der Waals surface area contributed by atoms with Crippen LogP contribution >= 0.6 is 0 Å². The Morgan fingerprint density at radius 2 is 1.83 bits per heavy atom. The predicted octanol–water partition coefficient (Wildman–Crippen LogP) is 1.81. The van der Waals surface area contributed by atoms with Crippen molar-refractivity contribution in [2.75, 3.05) is 25.2 Å².